The van der Waals surface area contributed by atoms with Crippen molar-refractivity contribution in [2.75, 3.05) is 19.4 Å². The van der Waals surface area contributed by atoms with E-state index in [1.807, 2.05) is 20.8 Å². The Labute approximate surface area is 81.0 Å². The Hall–Kier alpha value is 0.0569. The van der Waals surface area contributed by atoms with Crippen LogP contribution in [0.4, 0.5) is 0 Å². The van der Waals surface area contributed by atoms with Gasteiger partial charge in [-0.3, -0.25) is 0 Å². The normalized spacial score (nSPS) is 26.8. The molecule has 1 fully saturated rings. The van der Waals surface area contributed by atoms with Crippen molar-refractivity contribution in [2.24, 2.45) is 0 Å². The zero-order chi connectivity index (χ0) is 9.68. The molecule has 13 heavy (non-hydrogen) atoms. The predicted octanol–water partition coefficient (Wildman–Crippen LogP) is 0.848. The van der Waals surface area contributed by atoms with Crippen LogP contribution in [-0.4, -0.2) is 41.1 Å². The number of hydrogen-bond acceptors (Lipinski definition) is 4. The van der Waals surface area contributed by atoms with E-state index in [2.05, 4.69) is 0 Å². The van der Waals surface area contributed by atoms with E-state index in [-0.39, 0.29) is 12.4 Å². The Bertz CT molecular complexity index is 138. The molecule has 4 nitrogen and oxygen atoms in total. The molecule has 1 heterocycles. The summed E-state index contributed by atoms with van der Waals surface area (Å²) >= 11 is 0. The maximum atomic E-state index is 5.41. The summed E-state index contributed by atoms with van der Waals surface area (Å²) in [6.07, 6.45) is 0.758. The maximum Gasteiger partial charge on any atom is 0.413 e. The smallest absolute Gasteiger partial charge is 0.392 e. The zero-order valence-corrected chi connectivity index (χ0v) is 9.41. The van der Waals surface area contributed by atoms with E-state index < -0.39 is 9.28 Å². The number of hydrogen-bond donors (Lipinski definition) is 0. The lowest BCUT2D eigenvalue weighted by atomic mass is 10.5. The highest BCUT2D eigenvalue weighted by atomic mass is 28.3. The van der Waals surface area contributed by atoms with Crippen molar-refractivity contribution in [2.45, 2.75) is 33.2 Å². The lowest BCUT2D eigenvalue weighted by molar-refractivity contribution is 0.0567. The molecule has 0 N–H and O–H groups in total. The minimum Gasteiger partial charge on any atom is -0.392 e. The first-order chi connectivity index (χ1) is 6.27. The Morgan fingerprint density at radius 2 is 1.77 bits per heavy atom. The first kappa shape index (κ1) is 11.1. The van der Waals surface area contributed by atoms with Crippen LogP contribution in [0.15, 0.2) is 0 Å². The summed E-state index contributed by atoms with van der Waals surface area (Å²) < 4.78 is 21.3. The monoisotopic (exact) mass is 205 g/mol. The Kier molecular flexibility index (Phi) is 4.90. The quantitative estimate of drug-likeness (QED) is 0.456. The Balaban J connectivity index is 2.06. The van der Waals surface area contributed by atoms with Crippen LogP contribution in [0.5, 0.6) is 0 Å². The molecule has 0 aromatic carbocycles. The first-order valence-corrected chi connectivity index (χ1v) is 6.18. The fourth-order valence-corrected chi connectivity index (χ4v) is 2.13. The average molecular weight is 205 g/mol. The van der Waals surface area contributed by atoms with E-state index in [1.165, 1.54) is 0 Å². The minimum absolute atomic E-state index is 0.0269. The van der Waals surface area contributed by atoms with Gasteiger partial charge >= 0.3 is 9.28 Å². The largest absolute Gasteiger partial charge is 0.413 e. The molecule has 0 aromatic heterocycles. The molecule has 1 aliphatic heterocycles. The summed E-state index contributed by atoms with van der Waals surface area (Å²) in [5, 5.41) is 0. The molecule has 0 bridgehead atoms. The van der Waals surface area contributed by atoms with Crippen LogP contribution in [0.25, 0.3) is 0 Å². The summed E-state index contributed by atoms with van der Waals surface area (Å²) in [6.45, 7) is 7.26. The summed E-state index contributed by atoms with van der Waals surface area (Å²) in [5.74, 6) is 0. The zero-order valence-electron chi connectivity index (χ0n) is 8.41. The number of epoxide rings is 1. The topological polar surface area (TPSA) is 40.2 Å². The molecule has 0 aromatic rings. The van der Waals surface area contributed by atoms with Crippen LogP contribution < -0.4 is 0 Å². The lowest BCUT2D eigenvalue weighted by Crippen LogP contribution is -2.30. The van der Waals surface area contributed by atoms with Gasteiger partial charge in [0.1, 0.15) is 6.10 Å². The summed E-state index contributed by atoms with van der Waals surface area (Å²) in [5.41, 5.74) is 0. The second-order valence-corrected chi connectivity index (χ2v) is 4.37. The summed E-state index contributed by atoms with van der Waals surface area (Å²) in [6, 6.07) is 0. The second kappa shape index (κ2) is 5.72. The van der Waals surface area contributed by atoms with Gasteiger partial charge in [-0.25, -0.2) is 0 Å². The average Bonchev–Trinajstić information content (AvgIpc) is 2.79. The molecule has 0 saturated carbocycles. The summed E-state index contributed by atoms with van der Waals surface area (Å²) in [7, 11) is -1.23. The number of rotatable bonds is 7. The van der Waals surface area contributed by atoms with E-state index in [4.69, 9.17) is 18.3 Å². The SMILES string of the molecule is CCO[Si](COC1OC1C)OCC. The van der Waals surface area contributed by atoms with Gasteiger partial charge < -0.3 is 18.3 Å². The standard InChI is InChI=1S/C8H17O4Si/c1-4-10-13(11-5-2)6-9-8-7(3)12-8/h7-8H,4-6H2,1-3H3. The van der Waals surface area contributed by atoms with E-state index in [1.54, 1.807) is 0 Å². The molecule has 1 rings (SSSR count). The van der Waals surface area contributed by atoms with Gasteiger partial charge in [-0.05, 0) is 20.8 Å². The molecule has 2 unspecified atom stereocenters. The van der Waals surface area contributed by atoms with Gasteiger partial charge in [0.25, 0.3) is 0 Å². The molecular formula is C8H17O4Si. The van der Waals surface area contributed by atoms with Gasteiger partial charge in [-0.2, -0.15) is 0 Å². The van der Waals surface area contributed by atoms with Gasteiger partial charge in [0.05, 0.1) is 6.23 Å². The molecular weight excluding hydrogens is 188 g/mol. The van der Waals surface area contributed by atoms with Crippen molar-refractivity contribution >= 4 is 9.28 Å². The molecule has 1 saturated heterocycles. The fraction of sp³-hybridized carbons (Fsp3) is 1.00. The highest BCUT2D eigenvalue weighted by Crippen LogP contribution is 2.21. The van der Waals surface area contributed by atoms with E-state index >= 15 is 0 Å². The first-order valence-electron chi connectivity index (χ1n) is 4.66. The summed E-state index contributed by atoms with van der Waals surface area (Å²) in [4.78, 5) is 0. The Morgan fingerprint density at radius 3 is 2.15 bits per heavy atom. The lowest BCUT2D eigenvalue weighted by Gasteiger charge is -2.12. The predicted molar refractivity (Wildman–Crippen MR) is 49.3 cm³/mol. The van der Waals surface area contributed by atoms with Crippen LogP contribution in [0.1, 0.15) is 20.8 Å². The third-order valence-electron chi connectivity index (χ3n) is 1.63. The van der Waals surface area contributed by atoms with Gasteiger partial charge in [0.15, 0.2) is 6.29 Å². The van der Waals surface area contributed by atoms with Crippen molar-refractivity contribution in [1.29, 1.82) is 0 Å². The van der Waals surface area contributed by atoms with Crippen LogP contribution in [-0.2, 0) is 18.3 Å². The van der Waals surface area contributed by atoms with Crippen LogP contribution in [0.2, 0.25) is 0 Å². The second-order valence-electron chi connectivity index (χ2n) is 2.76. The van der Waals surface area contributed by atoms with Gasteiger partial charge in [-0.15, -0.1) is 0 Å². The van der Waals surface area contributed by atoms with E-state index in [9.17, 15) is 0 Å². The van der Waals surface area contributed by atoms with E-state index in [0.29, 0.717) is 19.4 Å². The molecule has 1 radical (unpaired) electrons. The van der Waals surface area contributed by atoms with Crippen LogP contribution in [0, 0.1) is 0 Å². The maximum absolute atomic E-state index is 5.41. The number of ether oxygens (including phenoxy) is 2. The fourth-order valence-electron chi connectivity index (χ4n) is 0.938. The minimum atomic E-state index is -1.23. The highest BCUT2D eigenvalue weighted by Gasteiger charge is 2.36. The molecule has 0 amide bonds. The van der Waals surface area contributed by atoms with Crippen molar-refractivity contribution in [3.8, 4) is 0 Å². The van der Waals surface area contributed by atoms with E-state index in [0.717, 1.165) is 0 Å². The van der Waals surface area contributed by atoms with Gasteiger partial charge in [0.2, 0.25) is 0 Å². The molecule has 0 spiro atoms. The highest BCUT2D eigenvalue weighted by molar-refractivity contribution is 6.44. The molecule has 0 aliphatic carbocycles. The van der Waals surface area contributed by atoms with Crippen LogP contribution in [0.3, 0.4) is 0 Å². The molecule has 5 heteroatoms. The van der Waals surface area contributed by atoms with Crippen molar-refractivity contribution in [3.05, 3.63) is 0 Å². The van der Waals surface area contributed by atoms with Gasteiger partial charge in [-0.1, -0.05) is 0 Å². The van der Waals surface area contributed by atoms with Gasteiger partial charge in [0, 0.05) is 13.2 Å². The van der Waals surface area contributed by atoms with Crippen molar-refractivity contribution in [1.82, 2.24) is 0 Å². The third-order valence-corrected chi connectivity index (χ3v) is 3.26. The Morgan fingerprint density at radius 1 is 1.23 bits per heavy atom. The van der Waals surface area contributed by atoms with Crippen molar-refractivity contribution < 1.29 is 18.3 Å². The molecule has 2 atom stereocenters. The molecule has 1 aliphatic rings. The molecule has 77 valence electrons. The van der Waals surface area contributed by atoms with Crippen LogP contribution >= 0.6 is 0 Å². The van der Waals surface area contributed by atoms with Crippen molar-refractivity contribution in [3.63, 3.8) is 0 Å². The third kappa shape index (κ3) is 4.19.